The van der Waals surface area contributed by atoms with E-state index in [2.05, 4.69) is 5.29 Å². The molecule has 78 valence electrons. The second kappa shape index (κ2) is 6.37. The Morgan fingerprint density at radius 1 is 0.750 bits per heavy atom. The molecule has 0 bridgehead atoms. The van der Waals surface area contributed by atoms with Crippen molar-refractivity contribution >= 4 is 38.7 Å². The summed E-state index contributed by atoms with van der Waals surface area (Å²) in [6.45, 7) is 0. The number of benzene rings is 2. The van der Waals surface area contributed by atoms with Gasteiger partial charge in [-0.1, -0.05) is 36.4 Å². The van der Waals surface area contributed by atoms with Crippen molar-refractivity contribution in [1.82, 2.24) is 0 Å². The van der Waals surface area contributed by atoms with Crippen molar-refractivity contribution in [3.63, 3.8) is 0 Å². The Bertz CT molecular complexity index is 394. The predicted molar refractivity (Wildman–Crippen MR) is 66.6 cm³/mol. The maximum Gasteiger partial charge on any atom is 0.0685 e. The first kappa shape index (κ1) is 12.8. The van der Waals surface area contributed by atoms with Gasteiger partial charge in [0.2, 0.25) is 0 Å². The third-order valence-corrected chi connectivity index (χ3v) is 2.08. The molecule has 16 heavy (non-hydrogen) atoms. The number of anilines is 2. The molecule has 0 heterocycles. The van der Waals surface area contributed by atoms with Crippen molar-refractivity contribution in [3.05, 3.63) is 65.6 Å². The molecule has 4 radical (unpaired) electrons. The van der Waals surface area contributed by atoms with Gasteiger partial charge in [-0.15, -0.1) is 4.91 Å². The molecule has 0 unspecified atom stereocenters. The smallest absolute Gasteiger partial charge is 0.0685 e. The van der Waals surface area contributed by atoms with E-state index in [1.807, 2.05) is 60.7 Å². The summed E-state index contributed by atoms with van der Waals surface area (Å²) in [5, 5.41) is 4.37. The molecule has 0 aliphatic heterocycles. The maximum absolute atomic E-state index is 10.8. The molecule has 0 fully saturated rings. The van der Waals surface area contributed by atoms with E-state index in [1.54, 1.807) is 0 Å². The van der Waals surface area contributed by atoms with Crippen LogP contribution in [0.5, 0.6) is 0 Å². The Morgan fingerprint density at radius 2 is 1.12 bits per heavy atom. The number of nitrogens with zero attached hydrogens (tertiary/aromatic N) is 2. The van der Waals surface area contributed by atoms with E-state index in [0.29, 0.717) is 0 Å². The zero-order valence-corrected chi connectivity index (χ0v) is 12.5. The first-order valence-corrected chi connectivity index (χ1v) is 4.65. The van der Waals surface area contributed by atoms with Crippen molar-refractivity contribution < 1.29 is 0 Å². The Labute approximate surface area is 114 Å². The van der Waals surface area contributed by atoms with Gasteiger partial charge in [0.1, 0.15) is 0 Å². The summed E-state index contributed by atoms with van der Waals surface area (Å²) in [6.07, 6.45) is 0. The molecule has 2 aromatic rings. The molecular formula is C12H10N2OPb. The van der Waals surface area contributed by atoms with Crippen LogP contribution >= 0.6 is 0 Å². The SMILES string of the molecule is O=NN(c1ccccc1)c1ccccc1.[Pb]. The molecule has 0 saturated carbocycles. The second-order valence-electron chi connectivity index (χ2n) is 3.06. The minimum atomic E-state index is 0. The molecule has 0 aliphatic carbocycles. The van der Waals surface area contributed by atoms with E-state index in [9.17, 15) is 4.91 Å². The van der Waals surface area contributed by atoms with Gasteiger partial charge in [0.25, 0.3) is 0 Å². The normalized spacial score (nSPS) is 9.00. The fourth-order valence-electron chi connectivity index (χ4n) is 1.38. The zero-order valence-electron chi connectivity index (χ0n) is 8.58. The Balaban J connectivity index is 0.00000128. The molecule has 0 aromatic heterocycles. The van der Waals surface area contributed by atoms with E-state index >= 15 is 0 Å². The molecule has 0 spiro atoms. The molecule has 2 rings (SSSR count). The topological polar surface area (TPSA) is 32.7 Å². The Kier molecular flexibility index (Phi) is 5.11. The standard InChI is InChI=1S/C12H10N2O.Pb/c15-13-14(11-7-3-1-4-8-11)12-9-5-2-6-10-12;/h1-10H;. The molecule has 3 nitrogen and oxygen atoms in total. The van der Waals surface area contributed by atoms with Crippen LogP contribution in [0.15, 0.2) is 65.9 Å². The summed E-state index contributed by atoms with van der Waals surface area (Å²) in [5.41, 5.74) is 1.53. The van der Waals surface area contributed by atoms with Gasteiger partial charge >= 0.3 is 0 Å². The zero-order chi connectivity index (χ0) is 10.5. The van der Waals surface area contributed by atoms with E-state index in [0.717, 1.165) is 11.4 Å². The number of para-hydroxylation sites is 2. The van der Waals surface area contributed by atoms with Crippen LogP contribution in [0.25, 0.3) is 0 Å². The second-order valence-corrected chi connectivity index (χ2v) is 3.06. The van der Waals surface area contributed by atoms with Gasteiger partial charge in [0, 0.05) is 27.3 Å². The summed E-state index contributed by atoms with van der Waals surface area (Å²) in [6, 6.07) is 18.7. The van der Waals surface area contributed by atoms with Crippen LogP contribution in [-0.2, 0) is 0 Å². The number of hydrogen-bond acceptors (Lipinski definition) is 2. The van der Waals surface area contributed by atoms with Gasteiger partial charge in [-0.25, -0.2) is 0 Å². The van der Waals surface area contributed by atoms with Gasteiger partial charge < -0.3 is 0 Å². The third kappa shape index (κ3) is 2.88. The molecule has 0 N–H and O–H groups in total. The summed E-state index contributed by atoms with van der Waals surface area (Å²) >= 11 is 0. The van der Waals surface area contributed by atoms with Crippen LogP contribution in [0.2, 0.25) is 0 Å². The molecule has 2 aromatic carbocycles. The van der Waals surface area contributed by atoms with Crippen LogP contribution in [0.1, 0.15) is 0 Å². The van der Waals surface area contributed by atoms with E-state index in [1.165, 1.54) is 5.01 Å². The van der Waals surface area contributed by atoms with Crippen molar-refractivity contribution in [2.75, 3.05) is 5.01 Å². The minimum absolute atomic E-state index is 0. The summed E-state index contributed by atoms with van der Waals surface area (Å²) in [7, 11) is 0. The van der Waals surface area contributed by atoms with Gasteiger partial charge in [0.05, 0.1) is 16.7 Å². The van der Waals surface area contributed by atoms with Crippen molar-refractivity contribution in [1.29, 1.82) is 0 Å². The number of hydrogen-bond donors (Lipinski definition) is 0. The third-order valence-electron chi connectivity index (χ3n) is 2.08. The predicted octanol–water partition coefficient (Wildman–Crippen LogP) is 3.13. The van der Waals surface area contributed by atoms with Crippen molar-refractivity contribution in [2.24, 2.45) is 5.29 Å². The van der Waals surface area contributed by atoms with Crippen LogP contribution in [0.4, 0.5) is 11.4 Å². The van der Waals surface area contributed by atoms with E-state index < -0.39 is 0 Å². The largest absolute Gasteiger partial charge is 0.197 e. The molecule has 0 amide bonds. The van der Waals surface area contributed by atoms with Gasteiger partial charge in [-0.05, 0) is 24.3 Å². The maximum atomic E-state index is 10.8. The average molecular weight is 405 g/mol. The number of rotatable bonds is 3. The van der Waals surface area contributed by atoms with Crippen molar-refractivity contribution in [2.45, 2.75) is 0 Å². The minimum Gasteiger partial charge on any atom is -0.197 e. The van der Waals surface area contributed by atoms with E-state index in [-0.39, 0.29) is 27.3 Å². The van der Waals surface area contributed by atoms with Gasteiger partial charge in [-0.3, -0.25) is 0 Å². The Hall–Kier alpha value is -1.24. The fraction of sp³-hybridized carbons (Fsp3) is 0. The number of nitroso groups, excluding NO2 is 1. The molecule has 0 saturated heterocycles. The summed E-state index contributed by atoms with van der Waals surface area (Å²) in [5.74, 6) is 0. The van der Waals surface area contributed by atoms with E-state index in [4.69, 9.17) is 0 Å². The average Bonchev–Trinajstić information content (AvgIpc) is 2.33. The summed E-state index contributed by atoms with van der Waals surface area (Å²) < 4.78 is 0. The van der Waals surface area contributed by atoms with Crippen LogP contribution < -0.4 is 5.01 Å². The molecule has 4 heteroatoms. The molecule has 0 aliphatic rings. The Morgan fingerprint density at radius 3 is 1.44 bits per heavy atom. The molecular weight excluding hydrogens is 395 g/mol. The quantitative estimate of drug-likeness (QED) is 0.447. The van der Waals surface area contributed by atoms with Crippen LogP contribution in [0, 0.1) is 4.91 Å². The monoisotopic (exact) mass is 406 g/mol. The fourth-order valence-corrected chi connectivity index (χ4v) is 1.38. The van der Waals surface area contributed by atoms with Crippen LogP contribution in [-0.4, -0.2) is 27.3 Å². The summed E-state index contributed by atoms with van der Waals surface area (Å²) in [4.78, 5) is 10.8. The van der Waals surface area contributed by atoms with Crippen LogP contribution in [0.3, 0.4) is 0 Å². The first-order chi connectivity index (χ1) is 7.42. The molecule has 0 atom stereocenters. The van der Waals surface area contributed by atoms with Crippen molar-refractivity contribution in [3.8, 4) is 0 Å². The first-order valence-electron chi connectivity index (χ1n) is 4.65. The van der Waals surface area contributed by atoms with Gasteiger partial charge in [0.15, 0.2) is 0 Å². The van der Waals surface area contributed by atoms with Gasteiger partial charge in [-0.2, -0.15) is 5.01 Å².